The quantitative estimate of drug-likeness (QED) is 0.660. The average Bonchev–Trinajstić information content (AvgIpc) is 2.72. The maximum absolute atomic E-state index is 13.1. The highest BCUT2D eigenvalue weighted by Gasteiger charge is 2.32. The largest absolute Gasteiger partial charge is 0.339 e. The van der Waals surface area contributed by atoms with E-state index in [4.69, 9.17) is 0 Å². The summed E-state index contributed by atoms with van der Waals surface area (Å²) in [6.07, 6.45) is 1.34. The Bertz CT molecular complexity index is 973. The fraction of sp³-hybridized carbons (Fsp3) is 0.364. The molecule has 0 saturated heterocycles. The van der Waals surface area contributed by atoms with E-state index in [0.29, 0.717) is 30.0 Å². The first-order chi connectivity index (χ1) is 14.2. The number of carbonyl (C=O) groups excluding carboxylic acids is 2. The fourth-order valence-corrected chi connectivity index (χ4v) is 4.52. The monoisotopic (exact) mass is 431 g/mol. The Balaban J connectivity index is 2.39. The lowest BCUT2D eigenvalue weighted by atomic mass is 10.1. The van der Waals surface area contributed by atoms with Crippen LogP contribution in [0.2, 0.25) is 0 Å². The molecule has 2 aromatic rings. The minimum Gasteiger partial charge on any atom is -0.339 e. The van der Waals surface area contributed by atoms with Crippen molar-refractivity contribution in [3.05, 3.63) is 60.2 Å². The van der Waals surface area contributed by atoms with Crippen LogP contribution in [-0.2, 0) is 14.8 Å². The zero-order chi connectivity index (χ0) is 22.3. The molecule has 0 radical (unpaired) electrons. The summed E-state index contributed by atoms with van der Waals surface area (Å²) < 4.78 is 26.2. The standard InChI is InChI=1S/C22H29N3O4S/c1-5-20(25(30(4,28)29)17-13-9-8-10-14-17)21(26)23-19-16-12-11-15-18(19)22(27)24(6-2)7-3/h8-16,20H,5-7H2,1-4H3,(H,23,26). The van der Waals surface area contributed by atoms with Crippen LogP contribution in [-0.4, -0.2) is 50.5 Å². The van der Waals surface area contributed by atoms with Gasteiger partial charge in [-0.25, -0.2) is 8.42 Å². The molecular weight excluding hydrogens is 402 g/mol. The number of benzene rings is 2. The predicted octanol–water partition coefficient (Wildman–Crippen LogP) is 3.35. The molecule has 2 rings (SSSR count). The second kappa shape index (κ2) is 10.2. The SMILES string of the molecule is CCC(C(=O)Nc1ccccc1C(=O)N(CC)CC)N(c1ccccc1)S(C)(=O)=O. The van der Waals surface area contributed by atoms with Crippen LogP contribution in [0.15, 0.2) is 54.6 Å². The van der Waals surface area contributed by atoms with Crippen LogP contribution in [0.1, 0.15) is 37.6 Å². The summed E-state index contributed by atoms with van der Waals surface area (Å²) in [5, 5.41) is 2.78. The first-order valence-corrected chi connectivity index (χ1v) is 11.8. The van der Waals surface area contributed by atoms with E-state index in [-0.39, 0.29) is 12.3 Å². The van der Waals surface area contributed by atoms with Crippen molar-refractivity contribution in [1.29, 1.82) is 0 Å². The van der Waals surface area contributed by atoms with Gasteiger partial charge in [-0.2, -0.15) is 0 Å². The Labute approximate surface area is 178 Å². The molecule has 8 heteroatoms. The summed E-state index contributed by atoms with van der Waals surface area (Å²) in [7, 11) is -3.72. The Morgan fingerprint density at radius 3 is 2.03 bits per heavy atom. The van der Waals surface area contributed by atoms with Crippen molar-refractivity contribution in [2.75, 3.05) is 29.0 Å². The molecule has 1 unspecified atom stereocenters. The van der Waals surface area contributed by atoms with Crippen LogP contribution in [0.3, 0.4) is 0 Å². The number of hydrogen-bond donors (Lipinski definition) is 1. The Morgan fingerprint density at radius 2 is 1.50 bits per heavy atom. The summed E-state index contributed by atoms with van der Waals surface area (Å²) in [6.45, 7) is 6.62. The smallest absolute Gasteiger partial charge is 0.255 e. The molecule has 1 N–H and O–H groups in total. The summed E-state index contributed by atoms with van der Waals surface area (Å²) in [4.78, 5) is 27.6. The molecule has 0 aliphatic carbocycles. The lowest BCUT2D eigenvalue weighted by molar-refractivity contribution is -0.117. The van der Waals surface area contributed by atoms with Gasteiger partial charge in [-0.3, -0.25) is 13.9 Å². The third-order valence-corrected chi connectivity index (χ3v) is 5.99. The molecule has 0 aromatic heterocycles. The maximum atomic E-state index is 13.1. The van der Waals surface area contributed by atoms with E-state index in [1.165, 1.54) is 0 Å². The van der Waals surface area contributed by atoms with Crippen molar-refractivity contribution in [3.63, 3.8) is 0 Å². The third kappa shape index (κ3) is 5.38. The minimum absolute atomic E-state index is 0.188. The molecule has 0 heterocycles. The zero-order valence-corrected chi connectivity index (χ0v) is 18.6. The van der Waals surface area contributed by atoms with Gasteiger partial charge in [0, 0.05) is 13.1 Å². The molecule has 30 heavy (non-hydrogen) atoms. The van der Waals surface area contributed by atoms with Crippen LogP contribution in [0, 0.1) is 0 Å². The summed E-state index contributed by atoms with van der Waals surface area (Å²) in [5.41, 5.74) is 1.14. The van der Waals surface area contributed by atoms with Crippen molar-refractivity contribution < 1.29 is 18.0 Å². The van der Waals surface area contributed by atoms with Crippen molar-refractivity contribution >= 4 is 33.2 Å². The molecule has 0 spiro atoms. The van der Waals surface area contributed by atoms with Crippen molar-refractivity contribution in [2.24, 2.45) is 0 Å². The molecule has 1 atom stereocenters. The fourth-order valence-electron chi connectivity index (χ4n) is 3.31. The van der Waals surface area contributed by atoms with E-state index >= 15 is 0 Å². The minimum atomic E-state index is -3.72. The molecule has 2 amide bonds. The van der Waals surface area contributed by atoms with Gasteiger partial charge in [0.15, 0.2) is 0 Å². The lowest BCUT2D eigenvalue weighted by Crippen LogP contribution is -2.47. The van der Waals surface area contributed by atoms with Crippen LogP contribution < -0.4 is 9.62 Å². The van der Waals surface area contributed by atoms with Crippen LogP contribution >= 0.6 is 0 Å². The number of carbonyl (C=O) groups is 2. The molecule has 0 saturated carbocycles. The Kier molecular flexibility index (Phi) is 8.00. The number of hydrogen-bond acceptors (Lipinski definition) is 4. The number of nitrogens with one attached hydrogen (secondary N) is 1. The Morgan fingerprint density at radius 1 is 0.933 bits per heavy atom. The highest BCUT2D eigenvalue weighted by molar-refractivity contribution is 7.92. The highest BCUT2D eigenvalue weighted by atomic mass is 32.2. The van der Waals surface area contributed by atoms with E-state index in [1.807, 2.05) is 13.8 Å². The molecule has 2 aromatic carbocycles. The molecule has 162 valence electrons. The first-order valence-electron chi connectivity index (χ1n) is 9.98. The highest BCUT2D eigenvalue weighted by Crippen LogP contribution is 2.24. The zero-order valence-electron chi connectivity index (χ0n) is 17.8. The second-order valence-electron chi connectivity index (χ2n) is 6.83. The maximum Gasteiger partial charge on any atom is 0.255 e. The van der Waals surface area contributed by atoms with Gasteiger partial charge < -0.3 is 10.2 Å². The number of para-hydroxylation sites is 2. The summed E-state index contributed by atoms with van der Waals surface area (Å²) in [6, 6.07) is 14.3. The van der Waals surface area contributed by atoms with Gasteiger partial charge in [0.1, 0.15) is 6.04 Å². The van der Waals surface area contributed by atoms with Crippen molar-refractivity contribution in [2.45, 2.75) is 33.2 Å². The van der Waals surface area contributed by atoms with Gasteiger partial charge in [0.25, 0.3) is 5.91 Å². The molecule has 0 fully saturated rings. The number of sulfonamides is 1. The van der Waals surface area contributed by atoms with Gasteiger partial charge in [0.05, 0.1) is 23.2 Å². The Hall–Kier alpha value is -2.87. The second-order valence-corrected chi connectivity index (χ2v) is 8.69. The summed E-state index contributed by atoms with van der Waals surface area (Å²) in [5.74, 6) is -0.682. The third-order valence-electron chi connectivity index (χ3n) is 4.81. The van der Waals surface area contributed by atoms with Gasteiger partial charge in [-0.05, 0) is 44.5 Å². The predicted molar refractivity (Wildman–Crippen MR) is 120 cm³/mol. The molecular formula is C22H29N3O4S. The molecule has 0 aliphatic heterocycles. The molecule has 7 nitrogen and oxygen atoms in total. The average molecular weight is 432 g/mol. The first kappa shape index (κ1) is 23.4. The number of anilines is 2. The summed E-state index contributed by atoms with van der Waals surface area (Å²) >= 11 is 0. The van der Waals surface area contributed by atoms with Gasteiger partial charge in [-0.15, -0.1) is 0 Å². The van der Waals surface area contributed by atoms with E-state index < -0.39 is 22.0 Å². The van der Waals surface area contributed by atoms with Crippen molar-refractivity contribution in [1.82, 2.24) is 4.90 Å². The topological polar surface area (TPSA) is 86.8 Å². The number of nitrogens with zero attached hydrogens (tertiary/aromatic N) is 2. The number of rotatable bonds is 9. The van der Waals surface area contributed by atoms with E-state index in [2.05, 4.69) is 5.32 Å². The van der Waals surface area contributed by atoms with Crippen LogP contribution in [0.5, 0.6) is 0 Å². The molecule has 0 bridgehead atoms. The van der Waals surface area contributed by atoms with Crippen LogP contribution in [0.25, 0.3) is 0 Å². The normalized spacial score (nSPS) is 12.1. The van der Waals surface area contributed by atoms with E-state index in [0.717, 1.165) is 10.6 Å². The van der Waals surface area contributed by atoms with Crippen LogP contribution in [0.4, 0.5) is 11.4 Å². The molecule has 0 aliphatic rings. The number of amides is 2. The van der Waals surface area contributed by atoms with E-state index in [1.54, 1.807) is 66.4 Å². The van der Waals surface area contributed by atoms with Crippen molar-refractivity contribution in [3.8, 4) is 0 Å². The van der Waals surface area contributed by atoms with Gasteiger partial charge in [-0.1, -0.05) is 37.3 Å². The van der Waals surface area contributed by atoms with Gasteiger partial charge >= 0.3 is 0 Å². The van der Waals surface area contributed by atoms with Gasteiger partial charge in [0.2, 0.25) is 15.9 Å². The lowest BCUT2D eigenvalue weighted by Gasteiger charge is -2.30. The van der Waals surface area contributed by atoms with E-state index in [9.17, 15) is 18.0 Å².